The summed E-state index contributed by atoms with van der Waals surface area (Å²) in [6.07, 6.45) is 6.64. The lowest BCUT2D eigenvalue weighted by molar-refractivity contribution is -0.385. The summed E-state index contributed by atoms with van der Waals surface area (Å²) in [6.45, 7) is 1.67. The molecule has 1 aliphatic carbocycles. The first-order chi connectivity index (χ1) is 10.5. The molecule has 3 N–H and O–H groups in total. The first-order valence-corrected chi connectivity index (χ1v) is 7.79. The number of nitrogens with two attached hydrogens (primary N) is 1. The number of aryl methyl sites for hydroxylation is 1. The molecule has 1 saturated carbocycles. The van der Waals surface area contributed by atoms with Gasteiger partial charge in [-0.25, -0.2) is 0 Å². The molecule has 0 bridgehead atoms. The Bertz CT molecular complexity index is 554. The maximum Gasteiger partial charge on any atom is 0.274 e. The highest BCUT2D eigenvalue weighted by molar-refractivity contribution is 5.95. The van der Waals surface area contributed by atoms with Gasteiger partial charge in [-0.1, -0.05) is 38.2 Å². The molecule has 0 aromatic heterocycles. The van der Waals surface area contributed by atoms with Gasteiger partial charge < -0.3 is 11.1 Å². The van der Waals surface area contributed by atoms with Gasteiger partial charge in [-0.2, -0.15) is 0 Å². The average molecular weight is 305 g/mol. The van der Waals surface area contributed by atoms with Crippen LogP contribution in [0.1, 0.15) is 44.1 Å². The van der Waals surface area contributed by atoms with Gasteiger partial charge in [0, 0.05) is 17.3 Å². The van der Waals surface area contributed by atoms with Crippen LogP contribution in [-0.4, -0.2) is 16.9 Å². The molecule has 6 heteroatoms. The third kappa shape index (κ3) is 4.27. The Labute approximate surface area is 130 Å². The van der Waals surface area contributed by atoms with Crippen LogP contribution in [0.5, 0.6) is 0 Å². The van der Waals surface area contributed by atoms with E-state index in [0.29, 0.717) is 23.6 Å². The summed E-state index contributed by atoms with van der Waals surface area (Å²) in [5, 5.41) is 13.6. The summed E-state index contributed by atoms with van der Waals surface area (Å²) < 4.78 is 0. The van der Waals surface area contributed by atoms with Crippen LogP contribution >= 0.6 is 0 Å². The number of carbonyl (C=O) groups excluding carboxylic acids is 1. The molecule has 6 nitrogen and oxygen atoms in total. The number of rotatable bonds is 5. The van der Waals surface area contributed by atoms with Crippen LogP contribution in [0.2, 0.25) is 0 Å². The molecule has 22 heavy (non-hydrogen) atoms. The van der Waals surface area contributed by atoms with Crippen molar-refractivity contribution in [2.24, 2.45) is 11.7 Å². The quantitative estimate of drug-likeness (QED) is 0.645. The van der Waals surface area contributed by atoms with E-state index in [9.17, 15) is 14.9 Å². The zero-order valence-electron chi connectivity index (χ0n) is 12.9. The van der Waals surface area contributed by atoms with Crippen molar-refractivity contribution in [3.63, 3.8) is 0 Å². The standard InChI is InChI=1S/C16H23N3O3/c1-11-7-8-13(10-15(11)19(21)22)18-16(20)14(17)9-12-5-3-2-4-6-12/h7-8,10,12,14H,2-6,9,17H2,1H3,(H,18,20). The van der Waals surface area contributed by atoms with E-state index >= 15 is 0 Å². The molecule has 1 aromatic rings. The number of anilines is 1. The van der Waals surface area contributed by atoms with Crippen molar-refractivity contribution in [2.45, 2.75) is 51.5 Å². The molecule has 1 unspecified atom stereocenters. The Kier molecular flexibility index (Phi) is 5.49. The Balaban J connectivity index is 1.95. The molecule has 2 rings (SSSR count). The lowest BCUT2D eigenvalue weighted by Crippen LogP contribution is -2.37. The van der Waals surface area contributed by atoms with E-state index in [2.05, 4.69) is 5.32 Å². The highest BCUT2D eigenvalue weighted by atomic mass is 16.6. The number of nitro benzene ring substituents is 1. The molecule has 0 spiro atoms. The second kappa shape index (κ2) is 7.35. The fourth-order valence-electron chi connectivity index (χ4n) is 3.01. The van der Waals surface area contributed by atoms with Crippen LogP contribution in [-0.2, 0) is 4.79 Å². The smallest absolute Gasteiger partial charge is 0.274 e. The summed E-state index contributed by atoms with van der Waals surface area (Å²) in [7, 11) is 0. The first-order valence-electron chi connectivity index (χ1n) is 7.79. The number of hydrogen-bond acceptors (Lipinski definition) is 4. The van der Waals surface area contributed by atoms with Crippen molar-refractivity contribution >= 4 is 17.3 Å². The fraction of sp³-hybridized carbons (Fsp3) is 0.562. The SMILES string of the molecule is Cc1ccc(NC(=O)C(N)CC2CCCCC2)cc1[N+](=O)[O-]. The zero-order valence-corrected chi connectivity index (χ0v) is 12.9. The van der Waals surface area contributed by atoms with Gasteiger partial charge in [0.15, 0.2) is 0 Å². The molecule has 120 valence electrons. The van der Waals surface area contributed by atoms with Crippen LogP contribution in [0.15, 0.2) is 18.2 Å². The Hall–Kier alpha value is -1.95. The van der Waals surface area contributed by atoms with Gasteiger partial charge in [0.2, 0.25) is 5.91 Å². The van der Waals surface area contributed by atoms with E-state index < -0.39 is 11.0 Å². The van der Waals surface area contributed by atoms with E-state index in [1.807, 2.05) is 0 Å². The van der Waals surface area contributed by atoms with Gasteiger partial charge in [0.25, 0.3) is 5.69 Å². The van der Waals surface area contributed by atoms with Gasteiger partial charge in [-0.3, -0.25) is 14.9 Å². The second-order valence-electron chi connectivity index (χ2n) is 6.09. The van der Waals surface area contributed by atoms with Crippen LogP contribution in [0.4, 0.5) is 11.4 Å². The van der Waals surface area contributed by atoms with Crippen molar-refractivity contribution in [1.82, 2.24) is 0 Å². The summed E-state index contributed by atoms with van der Waals surface area (Å²) in [5.41, 5.74) is 6.96. The van der Waals surface area contributed by atoms with E-state index in [1.165, 1.54) is 25.3 Å². The average Bonchev–Trinajstić information content (AvgIpc) is 2.49. The zero-order chi connectivity index (χ0) is 16.1. The molecular formula is C16H23N3O3. The first kappa shape index (κ1) is 16.4. The van der Waals surface area contributed by atoms with Crippen LogP contribution < -0.4 is 11.1 Å². The van der Waals surface area contributed by atoms with Gasteiger partial charge in [0.1, 0.15) is 0 Å². The second-order valence-corrected chi connectivity index (χ2v) is 6.09. The highest BCUT2D eigenvalue weighted by Crippen LogP contribution is 2.27. The molecule has 1 aromatic carbocycles. The molecule has 1 aliphatic rings. The number of nitro groups is 1. The van der Waals surface area contributed by atoms with E-state index in [1.54, 1.807) is 19.1 Å². The number of nitrogens with one attached hydrogen (secondary N) is 1. The van der Waals surface area contributed by atoms with Gasteiger partial charge >= 0.3 is 0 Å². The summed E-state index contributed by atoms with van der Waals surface area (Å²) in [6, 6.07) is 4.09. The maximum atomic E-state index is 12.1. The summed E-state index contributed by atoms with van der Waals surface area (Å²) in [5.74, 6) is 0.241. The minimum absolute atomic E-state index is 0.00125. The molecule has 1 amide bonds. The third-order valence-electron chi connectivity index (χ3n) is 4.32. The Morgan fingerprint density at radius 1 is 1.41 bits per heavy atom. The monoisotopic (exact) mass is 305 g/mol. The predicted octanol–water partition coefficient (Wildman–Crippen LogP) is 3.14. The van der Waals surface area contributed by atoms with E-state index in [0.717, 1.165) is 12.8 Å². The number of amides is 1. The summed E-state index contributed by atoms with van der Waals surface area (Å²) in [4.78, 5) is 22.6. The Morgan fingerprint density at radius 3 is 2.73 bits per heavy atom. The topological polar surface area (TPSA) is 98.3 Å². The minimum Gasteiger partial charge on any atom is -0.324 e. The molecule has 0 aliphatic heterocycles. The fourth-order valence-corrected chi connectivity index (χ4v) is 3.01. The largest absolute Gasteiger partial charge is 0.324 e. The number of hydrogen-bond donors (Lipinski definition) is 2. The predicted molar refractivity (Wildman–Crippen MR) is 85.6 cm³/mol. The van der Waals surface area contributed by atoms with Crippen molar-refractivity contribution in [3.8, 4) is 0 Å². The van der Waals surface area contributed by atoms with Crippen molar-refractivity contribution in [3.05, 3.63) is 33.9 Å². The maximum absolute atomic E-state index is 12.1. The van der Waals surface area contributed by atoms with Crippen molar-refractivity contribution < 1.29 is 9.72 Å². The van der Waals surface area contributed by atoms with Gasteiger partial charge in [-0.05, 0) is 25.3 Å². The van der Waals surface area contributed by atoms with E-state index in [4.69, 9.17) is 5.73 Å². The number of carbonyl (C=O) groups is 1. The van der Waals surface area contributed by atoms with Gasteiger partial charge in [-0.15, -0.1) is 0 Å². The Morgan fingerprint density at radius 2 is 2.09 bits per heavy atom. The highest BCUT2D eigenvalue weighted by Gasteiger charge is 2.22. The van der Waals surface area contributed by atoms with Crippen LogP contribution in [0.25, 0.3) is 0 Å². The normalized spacial score (nSPS) is 17.0. The minimum atomic E-state index is -0.566. The molecule has 0 saturated heterocycles. The molecule has 0 radical (unpaired) electrons. The molecular weight excluding hydrogens is 282 g/mol. The van der Waals surface area contributed by atoms with Crippen molar-refractivity contribution in [1.29, 1.82) is 0 Å². The van der Waals surface area contributed by atoms with Crippen LogP contribution in [0, 0.1) is 23.0 Å². The number of nitrogens with zero attached hydrogens (tertiary/aromatic N) is 1. The number of benzene rings is 1. The molecule has 0 heterocycles. The summed E-state index contributed by atoms with van der Waals surface area (Å²) >= 11 is 0. The lowest BCUT2D eigenvalue weighted by Gasteiger charge is -2.24. The molecule has 1 atom stereocenters. The van der Waals surface area contributed by atoms with Crippen LogP contribution in [0.3, 0.4) is 0 Å². The van der Waals surface area contributed by atoms with Crippen molar-refractivity contribution in [2.75, 3.05) is 5.32 Å². The lowest BCUT2D eigenvalue weighted by atomic mass is 9.85. The molecule has 1 fully saturated rings. The third-order valence-corrected chi connectivity index (χ3v) is 4.32. The van der Waals surface area contributed by atoms with Gasteiger partial charge in [0.05, 0.1) is 11.0 Å². The van der Waals surface area contributed by atoms with E-state index in [-0.39, 0.29) is 11.6 Å².